The van der Waals surface area contributed by atoms with Gasteiger partial charge < -0.3 is 5.32 Å². The smallest absolute Gasteiger partial charge is 0.274 e. The molecule has 5 heteroatoms. The number of rotatable bonds is 6. The van der Waals surface area contributed by atoms with Gasteiger partial charge in [-0.1, -0.05) is 26.7 Å². The maximum Gasteiger partial charge on any atom is 0.274 e. The van der Waals surface area contributed by atoms with Crippen LogP contribution in [0.1, 0.15) is 33.6 Å². The lowest BCUT2D eigenvalue weighted by molar-refractivity contribution is -0.385. The van der Waals surface area contributed by atoms with Crippen molar-refractivity contribution < 1.29 is 9.31 Å². The Balaban J connectivity index is 2.87. The van der Waals surface area contributed by atoms with Gasteiger partial charge in [-0.15, -0.1) is 0 Å². The monoisotopic (exact) mass is 254 g/mol. The molecule has 100 valence electrons. The lowest BCUT2D eigenvalue weighted by Gasteiger charge is -2.23. The van der Waals surface area contributed by atoms with Crippen molar-refractivity contribution >= 4 is 11.4 Å². The standard InChI is InChI=1S/C13H19FN2O2/c1-4-10(5-2)9(3)15-12-6-11(14)7-13(8-12)16(17)18/h6-10,15H,4-5H2,1-3H3. The van der Waals surface area contributed by atoms with Crippen LogP contribution >= 0.6 is 0 Å². The van der Waals surface area contributed by atoms with Crippen LogP contribution in [0.25, 0.3) is 0 Å². The van der Waals surface area contributed by atoms with Gasteiger partial charge in [0.1, 0.15) is 5.82 Å². The molecular formula is C13H19FN2O2. The normalized spacial score (nSPS) is 12.5. The number of nitro groups is 1. The Kier molecular flexibility index (Phi) is 5.07. The van der Waals surface area contributed by atoms with E-state index in [9.17, 15) is 14.5 Å². The molecule has 1 aromatic rings. The molecule has 0 amide bonds. The number of anilines is 1. The number of hydrogen-bond acceptors (Lipinski definition) is 3. The fourth-order valence-electron chi connectivity index (χ4n) is 2.14. The van der Waals surface area contributed by atoms with Crippen LogP contribution < -0.4 is 5.32 Å². The van der Waals surface area contributed by atoms with Crippen LogP contribution in [0.15, 0.2) is 18.2 Å². The van der Waals surface area contributed by atoms with Gasteiger partial charge in [0, 0.05) is 17.8 Å². The molecular weight excluding hydrogens is 235 g/mol. The quantitative estimate of drug-likeness (QED) is 0.617. The molecule has 0 fully saturated rings. The van der Waals surface area contributed by atoms with E-state index in [1.807, 2.05) is 6.92 Å². The number of nitrogens with zero attached hydrogens (tertiary/aromatic N) is 1. The molecule has 0 aliphatic heterocycles. The molecule has 1 unspecified atom stereocenters. The van der Waals surface area contributed by atoms with Gasteiger partial charge in [-0.2, -0.15) is 0 Å². The van der Waals surface area contributed by atoms with Gasteiger partial charge in [-0.3, -0.25) is 10.1 Å². The molecule has 0 aliphatic rings. The number of non-ortho nitro benzene ring substituents is 1. The van der Waals surface area contributed by atoms with E-state index < -0.39 is 10.7 Å². The Hall–Kier alpha value is -1.65. The molecule has 0 aliphatic carbocycles. The van der Waals surface area contributed by atoms with Crippen LogP contribution in [0.3, 0.4) is 0 Å². The molecule has 0 radical (unpaired) electrons. The first-order valence-electron chi connectivity index (χ1n) is 6.19. The second-order valence-electron chi connectivity index (χ2n) is 4.46. The molecule has 1 atom stereocenters. The van der Waals surface area contributed by atoms with Crippen molar-refractivity contribution in [1.29, 1.82) is 0 Å². The fourth-order valence-corrected chi connectivity index (χ4v) is 2.14. The predicted octanol–water partition coefficient (Wildman–Crippen LogP) is 3.97. The van der Waals surface area contributed by atoms with Crippen LogP contribution in [0.2, 0.25) is 0 Å². The molecule has 0 heterocycles. The number of nitrogens with one attached hydrogen (secondary N) is 1. The van der Waals surface area contributed by atoms with Crippen molar-refractivity contribution in [2.75, 3.05) is 5.32 Å². The van der Waals surface area contributed by atoms with E-state index in [2.05, 4.69) is 19.2 Å². The summed E-state index contributed by atoms with van der Waals surface area (Å²) in [6.45, 7) is 6.20. The molecule has 0 bridgehead atoms. The van der Waals surface area contributed by atoms with E-state index in [0.29, 0.717) is 11.6 Å². The second-order valence-corrected chi connectivity index (χ2v) is 4.46. The van der Waals surface area contributed by atoms with Gasteiger partial charge in [0.2, 0.25) is 0 Å². The first kappa shape index (κ1) is 14.4. The van der Waals surface area contributed by atoms with E-state index in [0.717, 1.165) is 18.9 Å². The zero-order chi connectivity index (χ0) is 13.7. The van der Waals surface area contributed by atoms with Crippen LogP contribution in [-0.2, 0) is 0 Å². The summed E-state index contributed by atoms with van der Waals surface area (Å²) in [5, 5.41) is 13.8. The van der Waals surface area contributed by atoms with Crippen molar-refractivity contribution in [2.24, 2.45) is 5.92 Å². The third kappa shape index (κ3) is 3.68. The lowest BCUT2D eigenvalue weighted by atomic mass is 9.95. The zero-order valence-corrected chi connectivity index (χ0v) is 10.9. The van der Waals surface area contributed by atoms with Crippen molar-refractivity contribution in [3.8, 4) is 0 Å². The zero-order valence-electron chi connectivity index (χ0n) is 10.9. The van der Waals surface area contributed by atoms with Gasteiger partial charge in [-0.05, 0) is 18.9 Å². The minimum atomic E-state index is -0.594. The molecule has 1 rings (SSSR count). The predicted molar refractivity (Wildman–Crippen MR) is 70.2 cm³/mol. The van der Waals surface area contributed by atoms with E-state index in [-0.39, 0.29) is 11.7 Å². The Morgan fingerprint density at radius 2 is 1.94 bits per heavy atom. The van der Waals surface area contributed by atoms with E-state index in [4.69, 9.17) is 0 Å². The average Bonchev–Trinajstić information content (AvgIpc) is 2.29. The summed E-state index contributed by atoms with van der Waals surface area (Å²) in [6.07, 6.45) is 2.03. The Morgan fingerprint density at radius 3 is 2.44 bits per heavy atom. The van der Waals surface area contributed by atoms with E-state index >= 15 is 0 Å². The van der Waals surface area contributed by atoms with Gasteiger partial charge >= 0.3 is 0 Å². The van der Waals surface area contributed by atoms with Crippen LogP contribution in [0.5, 0.6) is 0 Å². The molecule has 0 saturated carbocycles. The molecule has 0 aromatic heterocycles. The van der Waals surface area contributed by atoms with Gasteiger partial charge in [0.05, 0.1) is 11.0 Å². The minimum Gasteiger partial charge on any atom is -0.382 e. The largest absolute Gasteiger partial charge is 0.382 e. The molecule has 1 N–H and O–H groups in total. The highest BCUT2D eigenvalue weighted by Crippen LogP contribution is 2.23. The fraction of sp³-hybridized carbons (Fsp3) is 0.538. The topological polar surface area (TPSA) is 55.2 Å². The summed E-state index contributed by atoms with van der Waals surface area (Å²) in [5.74, 6) is -0.129. The van der Waals surface area contributed by atoms with Crippen LogP contribution in [-0.4, -0.2) is 11.0 Å². The average molecular weight is 254 g/mol. The van der Waals surface area contributed by atoms with E-state index in [1.165, 1.54) is 12.1 Å². The summed E-state index contributed by atoms with van der Waals surface area (Å²) in [7, 11) is 0. The number of halogens is 1. The number of hydrogen-bond donors (Lipinski definition) is 1. The summed E-state index contributed by atoms with van der Waals surface area (Å²) in [6, 6.07) is 3.72. The Bertz CT molecular complexity index is 419. The first-order valence-corrected chi connectivity index (χ1v) is 6.19. The molecule has 4 nitrogen and oxygen atoms in total. The van der Waals surface area contributed by atoms with Gasteiger partial charge in [0.15, 0.2) is 0 Å². The van der Waals surface area contributed by atoms with E-state index in [1.54, 1.807) is 0 Å². The highest BCUT2D eigenvalue weighted by Gasteiger charge is 2.15. The first-order chi connectivity index (χ1) is 8.47. The van der Waals surface area contributed by atoms with Crippen molar-refractivity contribution in [2.45, 2.75) is 39.7 Å². The van der Waals surface area contributed by atoms with Gasteiger partial charge in [0.25, 0.3) is 5.69 Å². The number of benzene rings is 1. The molecule has 0 spiro atoms. The Labute approximate surface area is 106 Å². The lowest BCUT2D eigenvalue weighted by Crippen LogP contribution is -2.25. The maximum absolute atomic E-state index is 13.3. The highest BCUT2D eigenvalue weighted by molar-refractivity contribution is 5.52. The van der Waals surface area contributed by atoms with Crippen LogP contribution in [0.4, 0.5) is 15.8 Å². The third-order valence-electron chi connectivity index (χ3n) is 3.24. The number of nitro benzene ring substituents is 1. The van der Waals surface area contributed by atoms with Gasteiger partial charge in [-0.25, -0.2) is 4.39 Å². The minimum absolute atomic E-state index is 0.154. The van der Waals surface area contributed by atoms with Crippen molar-refractivity contribution in [1.82, 2.24) is 0 Å². The summed E-state index contributed by atoms with van der Waals surface area (Å²) in [5.41, 5.74) is 0.232. The molecule has 1 aromatic carbocycles. The summed E-state index contributed by atoms with van der Waals surface area (Å²) < 4.78 is 13.3. The SMILES string of the molecule is CCC(CC)C(C)Nc1cc(F)cc([N+](=O)[O-])c1. The van der Waals surface area contributed by atoms with Crippen LogP contribution in [0, 0.1) is 21.8 Å². The summed E-state index contributed by atoms with van der Waals surface area (Å²) in [4.78, 5) is 10.1. The van der Waals surface area contributed by atoms with Crippen molar-refractivity contribution in [3.63, 3.8) is 0 Å². The maximum atomic E-state index is 13.3. The second kappa shape index (κ2) is 6.33. The Morgan fingerprint density at radius 1 is 1.33 bits per heavy atom. The van der Waals surface area contributed by atoms with Crippen molar-refractivity contribution in [3.05, 3.63) is 34.1 Å². The molecule has 0 saturated heterocycles. The third-order valence-corrected chi connectivity index (χ3v) is 3.24. The highest BCUT2D eigenvalue weighted by atomic mass is 19.1. The summed E-state index contributed by atoms with van der Waals surface area (Å²) >= 11 is 0. The molecule has 18 heavy (non-hydrogen) atoms.